The van der Waals surface area contributed by atoms with Gasteiger partial charge in [-0.3, -0.25) is 0 Å². The Kier molecular flexibility index (Phi) is 3.12. The first kappa shape index (κ1) is 7.98. The van der Waals surface area contributed by atoms with Crippen LogP contribution in [0.2, 0.25) is 0 Å². The number of hydrogen-bond acceptors (Lipinski definition) is 3. The summed E-state index contributed by atoms with van der Waals surface area (Å²) in [4.78, 5) is 0. The molecular weight excluding hydrogens is 132 g/mol. The standard InChI is InChI=1S/C7H14O3/c8-3-1-6-2-4-10-5-7(6)9/h6-9H,1-5H2. The fraction of sp³-hybridized carbons (Fsp3) is 1.00. The number of aliphatic hydroxyl groups is 2. The van der Waals surface area contributed by atoms with Gasteiger partial charge < -0.3 is 14.9 Å². The normalized spacial score (nSPS) is 34.2. The van der Waals surface area contributed by atoms with Gasteiger partial charge in [0.05, 0.1) is 12.7 Å². The Labute approximate surface area is 60.6 Å². The first-order valence-corrected chi connectivity index (χ1v) is 3.71. The van der Waals surface area contributed by atoms with E-state index in [1.807, 2.05) is 0 Å². The minimum atomic E-state index is -0.360. The van der Waals surface area contributed by atoms with Crippen LogP contribution in [0.3, 0.4) is 0 Å². The lowest BCUT2D eigenvalue weighted by atomic mass is 9.94. The predicted octanol–water partition coefficient (Wildman–Crippen LogP) is -0.234. The van der Waals surface area contributed by atoms with Crippen molar-refractivity contribution in [2.75, 3.05) is 19.8 Å². The third kappa shape index (κ3) is 1.94. The smallest absolute Gasteiger partial charge is 0.0803 e. The van der Waals surface area contributed by atoms with Crippen molar-refractivity contribution in [3.8, 4) is 0 Å². The van der Waals surface area contributed by atoms with E-state index in [9.17, 15) is 5.11 Å². The molecule has 0 aromatic carbocycles. The molecule has 0 spiro atoms. The molecule has 2 unspecified atom stereocenters. The zero-order chi connectivity index (χ0) is 7.40. The molecule has 10 heavy (non-hydrogen) atoms. The second-order valence-corrected chi connectivity index (χ2v) is 2.70. The van der Waals surface area contributed by atoms with E-state index in [2.05, 4.69) is 0 Å². The Morgan fingerprint density at radius 3 is 2.90 bits per heavy atom. The number of ether oxygens (including phenoxy) is 1. The van der Waals surface area contributed by atoms with Crippen LogP contribution in [0.15, 0.2) is 0 Å². The van der Waals surface area contributed by atoms with Crippen molar-refractivity contribution < 1.29 is 14.9 Å². The minimum absolute atomic E-state index is 0.168. The first-order chi connectivity index (χ1) is 4.84. The molecule has 3 nitrogen and oxygen atoms in total. The molecule has 60 valence electrons. The lowest BCUT2D eigenvalue weighted by Gasteiger charge is -2.26. The van der Waals surface area contributed by atoms with Gasteiger partial charge in [-0.05, 0) is 18.8 Å². The fourth-order valence-electron chi connectivity index (χ4n) is 1.27. The Balaban J connectivity index is 2.25. The predicted molar refractivity (Wildman–Crippen MR) is 36.6 cm³/mol. The van der Waals surface area contributed by atoms with Gasteiger partial charge in [0.15, 0.2) is 0 Å². The summed E-state index contributed by atoms with van der Waals surface area (Å²) in [7, 11) is 0. The number of aliphatic hydroxyl groups excluding tert-OH is 2. The second kappa shape index (κ2) is 3.91. The maximum absolute atomic E-state index is 9.26. The van der Waals surface area contributed by atoms with Crippen molar-refractivity contribution in [2.24, 2.45) is 5.92 Å². The molecule has 0 aliphatic carbocycles. The van der Waals surface area contributed by atoms with Crippen molar-refractivity contribution in [1.82, 2.24) is 0 Å². The quantitative estimate of drug-likeness (QED) is 0.565. The molecule has 0 amide bonds. The highest BCUT2D eigenvalue weighted by Gasteiger charge is 2.22. The molecule has 0 bridgehead atoms. The molecule has 1 aliphatic heterocycles. The maximum atomic E-state index is 9.26. The van der Waals surface area contributed by atoms with Crippen LogP contribution in [0.4, 0.5) is 0 Å². The van der Waals surface area contributed by atoms with Crippen molar-refractivity contribution in [3.63, 3.8) is 0 Å². The zero-order valence-electron chi connectivity index (χ0n) is 5.99. The summed E-state index contributed by atoms with van der Waals surface area (Å²) in [6, 6.07) is 0. The van der Waals surface area contributed by atoms with Crippen LogP contribution in [-0.4, -0.2) is 36.1 Å². The zero-order valence-corrected chi connectivity index (χ0v) is 5.99. The fourth-order valence-corrected chi connectivity index (χ4v) is 1.27. The van der Waals surface area contributed by atoms with E-state index in [1.165, 1.54) is 0 Å². The van der Waals surface area contributed by atoms with Crippen LogP contribution < -0.4 is 0 Å². The number of hydrogen-bond donors (Lipinski definition) is 2. The highest BCUT2D eigenvalue weighted by Crippen LogP contribution is 2.18. The molecule has 0 saturated carbocycles. The molecule has 0 aromatic rings. The van der Waals surface area contributed by atoms with Crippen LogP contribution in [0.25, 0.3) is 0 Å². The van der Waals surface area contributed by atoms with Crippen molar-refractivity contribution >= 4 is 0 Å². The van der Waals surface area contributed by atoms with Crippen LogP contribution in [0.5, 0.6) is 0 Å². The Morgan fingerprint density at radius 2 is 2.30 bits per heavy atom. The molecule has 0 radical (unpaired) electrons. The molecule has 2 N–H and O–H groups in total. The van der Waals surface area contributed by atoms with Crippen LogP contribution in [0.1, 0.15) is 12.8 Å². The lowest BCUT2D eigenvalue weighted by molar-refractivity contribution is -0.0495. The summed E-state index contributed by atoms with van der Waals surface area (Å²) >= 11 is 0. The lowest BCUT2D eigenvalue weighted by Crippen LogP contribution is -2.32. The van der Waals surface area contributed by atoms with Crippen molar-refractivity contribution in [2.45, 2.75) is 18.9 Å². The van der Waals surface area contributed by atoms with E-state index in [0.29, 0.717) is 13.0 Å². The van der Waals surface area contributed by atoms with E-state index in [4.69, 9.17) is 9.84 Å². The third-order valence-corrected chi connectivity index (χ3v) is 1.97. The van der Waals surface area contributed by atoms with Gasteiger partial charge in [0, 0.05) is 13.2 Å². The Bertz CT molecular complexity index is 92.9. The van der Waals surface area contributed by atoms with Gasteiger partial charge in [0.2, 0.25) is 0 Å². The molecule has 2 atom stereocenters. The average Bonchev–Trinajstić information content (AvgIpc) is 1.94. The summed E-state index contributed by atoms with van der Waals surface area (Å²) in [5.74, 6) is 0.249. The van der Waals surface area contributed by atoms with E-state index in [0.717, 1.165) is 13.0 Å². The van der Waals surface area contributed by atoms with E-state index in [1.54, 1.807) is 0 Å². The van der Waals surface area contributed by atoms with Gasteiger partial charge in [-0.1, -0.05) is 0 Å². The Morgan fingerprint density at radius 1 is 1.50 bits per heavy atom. The van der Waals surface area contributed by atoms with Gasteiger partial charge in [-0.25, -0.2) is 0 Å². The largest absolute Gasteiger partial charge is 0.396 e. The molecule has 1 heterocycles. The van der Waals surface area contributed by atoms with Crippen molar-refractivity contribution in [3.05, 3.63) is 0 Å². The van der Waals surface area contributed by atoms with Gasteiger partial charge >= 0.3 is 0 Å². The van der Waals surface area contributed by atoms with E-state index >= 15 is 0 Å². The molecule has 1 fully saturated rings. The van der Waals surface area contributed by atoms with E-state index in [-0.39, 0.29) is 18.6 Å². The maximum Gasteiger partial charge on any atom is 0.0803 e. The summed E-state index contributed by atoms with van der Waals surface area (Å²) in [5.41, 5.74) is 0. The SMILES string of the molecule is OCCC1CCOCC1O. The molecular formula is C7H14O3. The average molecular weight is 146 g/mol. The summed E-state index contributed by atoms with van der Waals surface area (Å²) in [6.45, 7) is 1.33. The monoisotopic (exact) mass is 146 g/mol. The summed E-state index contributed by atoms with van der Waals surface area (Å²) in [5, 5.41) is 17.8. The van der Waals surface area contributed by atoms with Gasteiger partial charge in [0.1, 0.15) is 0 Å². The summed E-state index contributed by atoms with van der Waals surface area (Å²) < 4.78 is 5.03. The van der Waals surface area contributed by atoms with Crippen LogP contribution in [0, 0.1) is 5.92 Å². The van der Waals surface area contributed by atoms with Crippen LogP contribution in [-0.2, 0) is 4.74 Å². The molecule has 1 aliphatic rings. The topological polar surface area (TPSA) is 49.7 Å². The van der Waals surface area contributed by atoms with Gasteiger partial charge in [-0.2, -0.15) is 0 Å². The first-order valence-electron chi connectivity index (χ1n) is 3.71. The Hall–Kier alpha value is -0.120. The second-order valence-electron chi connectivity index (χ2n) is 2.70. The molecule has 1 rings (SSSR count). The van der Waals surface area contributed by atoms with Crippen molar-refractivity contribution in [1.29, 1.82) is 0 Å². The summed E-state index contributed by atoms with van der Waals surface area (Å²) in [6.07, 6.45) is 1.22. The molecule has 3 heteroatoms. The van der Waals surface area contributed by atoms with E-state index < -0.39 is 0 Å². The molecule has 1 saturated heterocycles. The highest BCUT2D eigenvalue weighted by atomic mass is 16.5. The van der Waals surface area contributed by atoms with Gasteiger partial charge in [-0.15, -0.1) is 0 Å². The van der Waals surface area contributed by atoms with Gasteiger partial charge in [0.25, 0.3) is 0 Å². The minimum Gasteiger partial charge on any atom is -0.396 e. The van der Waals surface area contributed by atoms with Crippen LogP contribution >= 0.6 is 0 Å². The molecule has 0 aromatic heterocycles. The highest BCUT2D eigenvalue weighted by molar-refractivity contribution is 4.71. The number of rotatable bonds is 2. The third-order valence-electron chi connectivity index (χ3n) is 1.97.